The van der Waals surface area contributed by atoms with Crippen LogP contribution in [0.25, 0.3) is 11.4 Å². The molecule has 0 amide bonds. The molecule has 0 radical (unpaired) electrons. The molecule has 8 heteroatoms. The fourth-order valence-corrected chi connectivity index (χ4v) is 6.36. The molecule has 2 aromatic carbocycles. The van der Waals surface area contributed by atoms with Crippen molar-refractivity contribution in [2.24, 2.45) is 5.92 Å². The minimum atomic E-state index is 0.755. The van der Waals surface area contributed by atoms with Gasteiger partial charge in [-0.3, -0.25) is 4.90 Å². The van der Waals surface area contributed by atoms with Crippen LogP contribution in [-0.2, 0) is 0 Å². The summed E-state index contributed by atoms with van der Waals surface area (Å²) in [6.07, 6.45) is 2.66. The Hall–Kier alpha value is -3.04. The Bertz CT molecular complexity index is 1160. The van der Waals surface area contributed by atoms with Gasteiger partial charge < -0.3 is 36.0 Å². The maximum atomic E-state index is 4.27. The number of nitrogens with one attached hydrogen (secondary N) is 4. The summed E-state index contributed by atoms with van der Waals surface area (Å²) in [5.74, 6) is 0.788. The maximum Gasteiger partial charge on any atom is 0.0367 e. The molecule has 0 aromatic heterocycles. The first-order chi connectivity index (χ1) is 21.5. The van der Waals surface area contributed by atoms with Gasteiger partial charge in [0.05, 0.1) is 0 Å². The number of piperazine rings is 2. The van der Waals surface area contributed by atoms with Crippen LogP contribution in [-0.4, -0.2) is 115 Å². The molecule has 0 saturated carbocycles. The van der Waals surface area contributed by atoms with E-state index in [0.29, 0.717) is 0 Å². The van der Waals surface area contributed by atoms with Crippen molar-refractivity contribution in [2.75, 3.05) is 108 Å². The van der Waals surface area contributed by atoms with Gasteiger partial charge in [0.15, 0.2) is 0 Å². The molecular weight excluding hydrogens is 544 g/mol. The van der Waals surface area contributed by atoms with E-state index < -0.39 is 0 Å². The highest BCUT2D eigenvalue weighted by Crippen LogP contribution is 2.22. The first-order valence-corrected chi connectivity index (χ1v) is 16.9. The van der Waals surface area contributed by atoms with Crippen molar-refractivity contribution in [1.29, 1.82) is 0 Å². The van der Waals surface area contributed by atoms with Crippen molar-refractivity contribution < 1.29 is 0 Å². The Morgan fingerprint density at radius 2 is 1.23 bits per heavy atom. The van der Waals surface area contributed by atoms with E-state index in [4.69, 9.17) is 0 Å². The van der Waals surface area contributed by atoms with Crippen LogP contribution in [0.15, 0.2) is 61.7 Å². The monoisotopic (exact) mass is 600 g/mol. The normalized spacial score (nSPS) is 20.2. The zero-order valence-electron chi connectivity index (χ0n) is 27.3. The lowest BCUT2D eigenvalue weighted by molar-refractivity contribution is 0.205. The standard InChI is InChI=1S/C36H56N8/c1-29(36-13-15-40-36)14-20-42-23-27-44(28-24-42)35-11-7-33(8-12-35)31(3)39-19-17-37-16-18-38-30(2)32-5-9-34(10-6-32)43-25-21-41(4)22-26-43/h5-12,29,36-40H,2-3,13-28H2,1,4H3. The first kappa shape index (κ1) is 32.4. The van der Waals surface area contributed by atoms with Gasteiger partial charge in [-0.1, -0.05) is 44.3 Å². The van der Waals surface area contributed by atoms with Crippen LogP contribution >= 0.6 is 0 Å². The SMILES string of the molecule is C=C(NCCNCCNC(=C)c1ccc(N2CCN(CCC(C)C3CCN3)CC2)cc1)c1ccc(N2CCN(C)CC2)cc1. The number of nitrogens with zero attached hydrogens (tertiary/aromatic N) is 4. The van der Waals surface area contributed by atoms with Gasteiger partial charge in [-0.2, -0.15) is 0 Å². The maximum absolute atomic E-state index is 4.27. The van der Waals surface area contributed by atoms with Crippen molar-refractivity contribution in [3.05, 3.63) is 72.8 Å². The average molecular weight is 601 g/mol. The van der Waals surface area contributed by atoms with Gasteiger partial charge in [0.2, 0.25) is 0 Å². The Kier molecular flexibility index (Phi) is 12.0. The third-order valence-electron chi connectivity index (χ3n) is 9.77. The van der Waals surface area contributed by atoms with Gasteiger partial charge in [0, 0.05) is 107 Å². The van der Waals surface area contributed by atoms with E-state index in [1.165, 1.54) is 37.3 Å². The van der Waals surface area contributed by atoms with Gasteiger partial charge in [0.25, 0.3) is 0 Å². The molecule has 2 atom stereocenters. The quantitative estimate of drug-likeness (QED) is 0.219. The van der Waals surface area contributed by atoms with Gasteiger partial charge in [-0.15, -0.1) is 0 Å². The van der Waals surface area contributed by atoms with Crippen molar-refractivity contribution in [1.82, 2.24) is 31.1 Å². The number of likely N-dealkylation sites (N-methyl/N-ethyl adjacent to an activating group) is 1. The first-order valence-electron chi connectivity index (χ1n) is 16.9. The smallest absolute Gasteiger partial charge is 0.0367 e. The van der Waals surface area contributed by atoms with Gasteiger partial charge in [0.1, 0.15) is 0 Å². The number of benzene rings is 2. The molecule has 0 bridgehead atoms. The second-order valence-corrected chi connectivity index (χ2v) is 12.9. The molecule has 3 aliphatic heterocycles. The van der Waals surface area contributed by atoms with Crippen molar-refractivity contribution in [3.63, 3.8) is 0 Å². The van der Waals surface area contributed by atoms with E-state index in [1.807, 2.05) is 0 Å². The molecule has 0 spiro atoms. The molecule has 3 heterocycles. The Morgan fingerprint density at radius 1 is 0.750 bits per heavy atom. The van der Waals surface area contributed by atoms with E-state index >= 15 is 0 Å². The minimum absolute atomic E-state index is 0.755. The molecular formula is C36H56N8. The van der Waals surface area contributed by atoms with E-state index in [0.717, 1.165) is 113 Å². The van der Waals surface area contributed by atoms with Gasteiger partial charge in [-0.05, 0) is 74.3 Å². The topological polar surface area (TPSA) is 61.1 Å². The Balaban J connectivity index is 0.912. The highest BCUT2D eigenvalue weighted by Gasteiger charge is 2.24. The summed E-state index contributed by atoms with van der Waals surface area (Å²) in [6, 6.07) is 18.4. The molecule has 3 fully saturated rings. The third kappa shape index (κ3) is 9.24. The fraction of sp³-hybridized carbons (Fsp3) is 0.556. The molecule has 2 unspecified atom stereocenters. The van der Waals surface area contributed by atoms with E-state index in [2.05, 4.69) is 117 Å². The van der Waals surface area contributed by atoms with Crippen LogP contribution in [0.1, 0.15) is 30.9 Å². The van der Waals surface area contributed by atoms with E-state index in [-0.39, 0.29) is 0 Å². The lowest BCUT2D eigenvalue weighted by Crippen LogP contribution is -2.49. The largest absolute Gasteiger partial charge is 0.384 e. The van der Waals surface area contributed by atoms with Gasteiger partial charge in [-0.25, -0.2) is 0 Å². The molecule has 3 aliphatic rings. The van der Waals surface area contributed by atoms with E-state index in [1.54, 1.807) is 0 Å². The van der Waals surface area contributed by atoms with Crippen LogP contribution < -0.4 is 31.1 Å². The molecule has 0 aliphatic carbocycles. The predicted molar refractivity (Wildman–Crippen MR) is 188 cm³/mol. The summed E-state index contributed by atoms with van der Waals surface area (Å²) in [7, 11) is 2.19. The number of rotatable bonds is 16. The van der Waals surface area contributed by atoms with Crippen LogP contribution in [0.4, 0.5) is 11.4 Å². The molecule has 3 saturated heterocycles. The third-order valence-corrected chi connectivity index (χ3v) is 9.77. The summed E-state index contributed by atoms with van der Waals surface area (Å²) in [4.78, 5) is 10.00. The molecule has 240 valence electrons. The lowest BCUT2D eigenvalue weighted by Gasteiger charge is -2.38. The Morgan fingerprint density at radius 3 is 1.68 bits per heavy atom. The molecule has 5 rings (SSSR count). The zero-order valence-corrected chi connectivity index (χ0v) is 27.3. The Labute approximate surface area is 266 Å². The average Bonchev–Trinajstić information content (AvgIpc) is 3.03. The summed E-state index contributed by atoms with van der Waals surface area (Å²) in [5.41, 5.74) is 6.87. The molecule has 2 aromatic rings. The number of hydrogen-bond donors (Lipinski definition) is 4. The van der Waals surface area contributed by atoms with Crippen molar-refractivity contribution in [3.8, 4) is 0 Å². The van der Waals surface area contributed by atoms with Crippen LogP contribution in [0.3, 0.4) is 0 Å². The number of anilines is 2. The summed E-state index contributed by atoms with van der Waals surface area (Å²) < 4.78 is 0. The van der Waals surface area contributed by atoms with Crippen LogP contribution in [0, 0.1) is 5.92 Å². The second kappa shape index (κ2) is 16.3. The van der Waals surface area contributed by atoms with Crippen LogP contribution in [0.2, 0.25) is 0 Å². The van der Waals surface area contributed by atoms with Crippen molar-refractivity contribution >= 4 is 22.8 Å². The van der Waals surface area contributed by atoms with Gasteiger partial charge >= 0.3 is 0 Å². The predicted octanol–water partition coefficient (Wildman–Crippen LogP) is 3.36. The van der Waals surface area contributed by atoms with E-state index in [9.17, 15) is 0 Å². The zero-order chi connectivity index (χ0) is 30.7. The lowest BCUT2D eigenvalue weighted by atomic mass is 9.90. The highest BCUT2D eigenvalue weighted by atomic mass is 15.3. The van der Waals surface area contributed by atoms with Crippen LogP contribution in [0.5, 0.6) is 0 Å². The highest BCUT2D eigenvalue weighted by molar-refractivity contribution is 5.65. The molecule has 44 heavy (non-hydrogen) atoms. The second-order valence-electron chi connectivity index (χ2n) is 12.9. The summed E-state index contributed by atoms with van der Waals surface area (Å²) in [6.45, 7) is 25.7. The minimum Gasteiger partial charge on any atom is -0.384 e. The fourth-order valence-electron chi connectivity index (χ4n) is 6.36. The van der Waals surface area contributed by atoms with Crippen molar-refractivity contribution in [2.45, 2.75) is 25.8 Å². The molecule has 8 nitrogen and oxygen atoms in total. The number of hydrogen-bond acceptors (Lipinski definition) is 8. The molecule has 4 N–H and O–H groups in total. The summed E-state index contributed by atoms with van der Waals surface area (Å²) in [5, 5.41) is 14.0. The summed E-state index contributed by atoms with van der Waals surface area (Å²) >= 11 is 0.